The van der Waals surface area contributed by atoms with Gasteiger partial charge in [0.2, 0.25) is 6.29 Å². The van der Waals surface area contributed by atoms with E-state index in [2.05, 4.69) is 0 Å². The molecular formula is C27H35NO9. The number of fused-ring (bicyclic) bond motifs is 1. The molecule has 202 valence electrons. The highest BCUT2D eigenvalue weighted by Crippen LogP contribution is 2.43. The van der Waals surface area contributed by atoms with Gasteiger partial charge in [0.1, 0.15) is 47.3 Å². The zero-order valence-electron chi connectivity index (χ0n) is 21.1. The van der Waals surface area contributed by atoms with Gasteiger partial charge < -0.3 is 45.5 Å². The van der Waals surface area contributed by atoms with E-state index in [9.17, 15) is 30.3 Å². The van der Waals surface area contributed by atoms with Crippen LogP contribution in [0.5, 0.6) is 17.2 Å². The molecule has 0 unspecified atom stereocenters. The Balaban J connectivity index is 1.77. The molecular weight excluding hydrogens is 482 g/mol. The van der Waals surface area contributed by atoms with E-state index < -0.39 is 36.3 Å². The minimum atomic E-state index is -1.70. The summed E-state index contributed by atoms with van der Waals surface area (Å²) in [6.07, 6.45) is -3.43. The summed E-state index contributed by atoms with van der Waals surface area (Å²) in [5, 5.41) is 55.0. The number of aromatic hydroxyl groups is 1. The molecule has 1 aliphatic carbocycles. The molecule has 0 amide bonds. The van der Waals surface area contributed by atoms with Crippen LogP contribution in [0.15, 0.2) is 30.4 Å². The predicted molar refractivity (Wildman–Crippen MR) is 135 cm³/mol. The van der Waals surface area contributed by atoms with Gasteiger partial charge in [-0.1, -0.05) is 25.1 Å². The van der Waals surface area contributed by atoms with E-state index in [-0.39, 0.29) is 47.1 Å². The fraction of sp³-hybridized carbons (Fsp3) is 0.519. The Morgan fingerprint density at radius 3 is 2.54 bits per heavy atom. The zero-order chi connectivity index (χ0) is 27.1. The third-order valence-corrected chi connectivity index (χ3v) is 7.15. The largest absolute Gasteiger partial charge is 0.506 e. The lowest BCUT2D eigenvalue weighted by Crippen LogP contribution is -2.65. The van der Waals surface area contributed by atoms with Crippen molar-refractivity contribution in [2.45, 2.75) is 81.9 Å². The molecule has 10 heteroatoms. The number of aryl methyl sites for hydroxylation is 1. The van der Waals surface area contributed by atoms with Crippen LogP contribution in [-0.2, 0) is 4.74 Å². The molecule has 1 saturated heterocycles. The number of benzene rings is 2. The molecule has 1 aliphatic heterocycles. The van der Waals surface area contributed by atoms with Gasteiger partial charge in [0.15, 0.2) is 5.78 Å². The Hall–Kier alpha value is -2.73. The smallest absolute Gasteiger partial charge is 0.229 e. The van der Waals surface area contributed by atoms with Crippen molar-refractivity contribution in [1.82, 2.24) is 0 Å². The molecule has 1 heterocycles. The Kier molecular flexibility index (Phi) is 7.80. The summed E-state index contributed by atoms with van der Waals surface area (Å²) in [5.41, 5.74) is 4.97. The molecule has 10 nitrogen and oxygen atoms in total. The summed E-state index contributed by atoms with van der Waals surface area (Å²) in [6.45, 7) is 3.59. The highest BCUT2D eigenvalue weighted by molar-refractivity contribution is 6.08. The standard InChI is InChI=1S/C27H35NO9/c1-4-5-17(29)19-13(2)10-14-11-16(35-3)12-18(20(14)21(19)30)36-26-24(33)22(31)23(32)25(37-26)27(34)8-6-15(28)7-9-27/h6,8,10-12,15,22-26,30-34H,4-5,7,9,28H2,1-3H3/t15-,22-,23-,24+,25-,26+,27-/m0/s1. The van der Waals surface area contributed by atoms with Crippen molar-refractivity contribution in [3.63, 3.8) is 0 Å². The van der Waals surface area contributed by atoms with E-state index in [1.165, 1.54) is 19.3 Å². The van der Waals surface area contributed by atoms with Gasteiger partial charge in [-0.2, -0.15) is 0 Å². The number of carbonyl (C=O) groups excluding carboxylic acids is 1. The van der Waals surface area contributed by atoms with Crippen LogP contribution < -0.4 is 15.2 Å². The van der Waals surface area contributed by atoms with E-state index in [1.54, 1.807) is 25.1 Å². The average molecular weight is 518 g/mol. The molecule has 0 aromatic heterocycles. The normalized spacial score (nSPS) is 31.9. The molecule has 4 rings (SSSR count). The first-order valence-electron chi connectivity index (χ1n) is 12.4. The fourth-order valence-corrected chi connectivity index (χ4v) is 5.10. The van der Waals surface area contributed by atoms with Gasteiger partial charge in [-0.15, -0.1) is 0 Å². The fourth-order valence-electron chi connectivity index (χ4n) is 5.10. The van der Waals surface area contributed by atoms with Crippen LogP contribution in [0.25, 0.3) is 10.8 Å². The number of nitrogens with two attached hydrogens (primary N) is 1. The molecule has 1 fully saturated rings. The van der Waals surface area contributed by atoms with E-state index in [1.807, 2.05) is 6.92 Å². The molecule has 0 saturated carbocycles. The quantitative estimate of drug-likeness (QED) is 0.233. The molecule has 0 spiro atoms. The number of aliphatic hydroxyl groups excluding tert-OH is 3. The number of phenolic OH excluding ortho intramolecular Hbond substituents is 1. The summed E-state index contributed by atoms with van der Waals surface area (Å²) in [7, 11) is 1.45. The molecule has 0 bridgehead atoms. The lowest BCUT2D eigenvalue weighted by molar-refractivity contribution is -0.299. The van der Waals surface area contributed by atoms with Crippen molar-refractivity contribution in [1.29, 1.82) is 0 Å². The highest BCUT2D eigenvalue weighted by Gasteiger charge is 2.53. The van der Waals surface area contributed by atoms with Crippen LogP contribution in [0.3, 0.4) is 0 Å². The van der Waals surface area contributed by atoms with Crippen LogP contribution in [0.4, 0.5) is 0 Å². The number of ether oxygens (including phenoxy) is 3. The number of methoxy groups -OCH3 is 1. The third kappa shape index (κ3) is 5.05. The highest BCUT2D eigenvalue weighted by atomic mass is 16.7. The Morgan fingerprint density at radius 1 is 1.19 bits per heavy atom. The Labute approximate surface area is 214 Å². The SMILES string of the molecule is CCCC(=O)c1c(C)cc2cc(OC)cc(O[C@@H]3O[C@H]([C@]4(O)C=C[C@H](N)CC4)[C@@H](O)[C@H](O)[C@H]3O)c2c1O. The third-order valence-electron chi connectivity index (χ3n) is 7.15. The van der Waals surface area contributed by atoms with Gasteiger partial charge >= 0.3 is 0 Å². The van der Waals surface area contributed by atoms with Crippen LogP contribution in [0.1, 0.15) is 48.5 Å². The van der Waals surface area contributed by atoms with Gasteiger partial charge in [-0.05, 0) is 43.2 Å². The van der Waals surface area contributed by atoms with Gasteiger partial charge in [-0.3, -0.25) is 4.79 Å². The topological polar surface area (TPSA) is 172 Å². The first-order chi connectivity index (χ1) is 17.5. The number of aliphatic hydroxyl groups is 4. The van der Waals surface area contributed by atoms with E-state index in [4.69, 9.17) is 19.9 Å². The van der Waals surface area contributed by atoms with Crippen molar-refractivity contribution in [3.05, 3.63) is 41.5 Å². The summed E-state index contributed by atoms with van der Waals surface area (Å²) in [6, 6.07) is 4.60. The second kappa shape index (κ2) is 10.6. The van der Waals surface area contributed by atoms with Crippen molar-refractivity contribution >= 4 is 16.6 Å². The molecule has 2 aliphatic rings. The summed E-state index contributed by atoms with van der Waals surface area (Å²) in [5.74, 6) is -0.106. The number of carbonyl (C=O) groups is 1. The average Bonchev–Trinajstić information content (AvgIpc) is 2.85. The Bertz CT molecular complexity index is 1200. The Morgan fingerprint density at radius 2 is 1.92 bits per heavy atom. The first kappa shape index (κ1) is 27.3. The molecule has 7 N–H and O–H groups in total. The monoisotopic (exact) mass is 517 g/mol. The van der Waals surface area contributed by atoms with Crippen LogP contribution in [-0.4, -0.2) is 80.8 Å². The van der Waals surface area contributed by atoms with E-state index >= 15 is 0 Å². The zero-order valence-corrected chi connectivity index (χ0v) is 21.1. The maximum Gasteiger partial charge on any atom is 0.229 e. The molecule has 37 heavy (non-hydrogen) atoms. The van der Waals surface area contributed by atoms with Gasteiger partial charge in [-0.25, -0.2) is 0 Å². The van der Waals surface area contributed by atoms with Crippen LogP contribution in [0, 0.1) is 6.92 Å². The number of rotatable bonds is 7. The minimum absolute atomic E-state index is 0.0250. The molecule has 7 atom stereocenters. The van der Waals surface area contributed by atoms with Crippen molar-refractivity contribution < 1.29 is 44.5 Å². The lowest BCUT2D eigenvalue weighted by atomic mass is 9.79. The van der Waals surface area contributed by atoms with Crippen LogP contribution >= 0.6 is 0 Å². The van der Waals surface area contributed by atoms with Gasteiger partial charge in [0.05, 0.1) is 18.1 Å². The number of hydrogen-bond acceptors (Lipinski definition) is 10. The number of ketones is 1. The molecule has 2 aromatic carbocycles. The minimum Gasteiger partial charge on any atom is -0.506 e. The number of hydrogen-bond donors (Lipinski definition) is 6. The van der Waals surface area contributed by atoms with Crippen molar-refractivity contribution in [2.75, 3.05) is 7.11 Å². The van der Waals surface area contributed by atoms with E-state index in [0.717, 1.165) is 0 Å². The molecule has 2 aromatic rings. The van der Waals surface area contributed by atoms with Gasteiger partial charge in [0.25, 0.3) is 0 Å². The molecule has 0 radical (unpaired) electrons. The van der Waals surface area contributed by atoms with Crippen molar-refractivity contribution in [3.8, 4) is 17.2 Å². The maximum absolute atomic E-state index is 12.8. The second-order valence-electron chi connectivity index (χ2n) is 9.88. The van der Waals surface area contributed by atoms with Crippen molar-refractivity contribution in [2.24, 2.45) is 5.73 Å². The van der Waals surface area contributed by atoms with Gasteiger partial charge in [0, 0.05) is 18.5 Å². The predicted octanol–water partition coefficient (Wildman–Crippen LogP) is 1.44. The maximum atomic E-state index is 12.8. The van der Waals surface area contributed by atoms with E-state index in [0.29, 0.717) is 29.5 Å². The summed E-state index contributed by atoms with van der Waals surface area (Å²) >= 11 is 0. The summed E-state index contributed by atoms with van der Waals surface area (Å²) < 4.78 is 17.2. The van der Waals surface area contributed by atoms with Crippen LogP contribution in [0.2, 0.25) is 0 Å². The number of Topliss-reactive ketones (excluding diaryl/α,β-unsaturated/α-hetero) is 1. The first-order valence-corrected chi connectivity index (χ1v) is 12.4. The number of phenols is 1. The summed E-state index contributed by atoms with van der Waals surface area (Å²) in [4.78, 5) is 12.8. The lowest BCUT2D eigenvalue weighted by Gasteiger charge is -2.46. The second-order valence-corrected chi connectivity index (χ2v) is 9.88.